The van der Waals surface area contributed by atoms with Crippen molar-refractivity contribution in [2.75, 3.05) is 4.72 Å². The molecule has 1 aromatic heterocycles. The minimum absolute atomic E-state index is 0.198. The third-order valence-corrected chi connectivity index (χ3v) is 5.74. The van der Waals surface area contributed by atoms with Crippen LogP contribution in [0.2, 0.25) is 0 Å². The fourth-order valence-electron chi connectivity index (χ4n) is 2.87. The maximum atomic E-state index is 12.5. The molecule has 5 nitrogen and oxygen atoms in total. The summed E-state index contributed by atoms with van der Waals surface area (Å²) in [6, 6.07) is 14.0. The van der Waals surface area contributed by atoms with Crippen molar-refractivity contribution in [1.82, 2.24) is 9.78 Å². The highest BCUT2D eigenvalue weighted by atomic mass is 79.9. The van der Waals surface area contributed by atoms with Crippen molar-refractivity contribution in [1.29, 1.82) is 0 Å². The van der Waals surface area contributed by atoms with E-state index >= 15 is 0 Å². The number of nitrogens with one attached hydrogen (secondary N) is 1. The Hall–Kier alpha value is -2.12. The van der Waals surface area contributed by atoms with Gasteiger partial charge in [-0.1, -0.05) is 35.9 Å². The number of hydrogen-bond donors (Lipinski definition) is 1. The van der Waals surface area contributed by atoms with Crippen molar-refractivity contribution in [3.8, 4) is 5.69 Å². The zero-order valence-corrected chi connectivity index (χ0v) is 16.5. The van der Waals surface area contributed by atoms with Gasteiger partial charge in [-0.25, -0.2) is 13.1 Å². The maximum Gasteiger partial charge on any atom is 0.263 e. The van der Waals surface area contributed by atoms with Crippen LogP contribution in [0.15, 0.2) is 58.0 Å². The van der Waals surface area contributed by atoms with Crippen molar-refractivity contribution in [2.45, 2.75) is 25.7 Å². The molecule has 25 heavy (non-hydrogen) atoms. The summed E-state index contributed by atoms with van der Waals surface area (Å²) in [6.07, 6.45) is 0. The molecule has 1 heterocycles. The molecule has 0 aliphatic rings. The number of hydrogen-bond acceptors (Lipinski definition) is 3. The Morgan fingerprint density at radius 3 is 2.20 bits per heavy atom. The number of halogens is 1. The van der Waals surface area contributed by atoms with E-state index in [0.29, 0.717) is 4.60 Å². The topological polar surface area (TPSA) is 64.0 Å². The Balaban J connectivity index is 2.00. The van der Waals surface area contributed by atoms with Gasteiger partial charge < -0.3 is 0 Å². The Kier molecular flexibility index (Phi) is 4.71. The summed E-state index contributed by atoms with van der Waals surface area (Å²) < 4.78 is 29.8. The van der Waals surface area contributed by atoms with Gasteiger partial charge in [0.25, 0.3) is 10.0 Å². The van der Waals surface area contributed by atoms with E-state index in [1.54, 1.807) is 41.1 Å². The van der Waals surface area contributed by atoms with Gasteiger partial charge in [0.1, 0.15) is 4.60 Å². The highest BCUT2D eigenvalue weighted by Gasteiger charge is 2.18. The molecule has 1 N–H and O–H groups in total. The molecule has 0 fully saturated rings. The molecule has 0 amide bonds. The molecule has 3 rings (SSSR count). The molecular weight excluding hydrogens is 402 g/mol. The van der Waals surface area contributed by atoms with Crippen LogP contribution in [-0.4, -0.2) is 18.2 Å². The van der Waals surface area contributed by atoms with Crippen molar-refractivity contribution in [3.63, 3.8) is 0 Å². The quantitative estimate of drug-likeness (QED) is 0.682. The van der Waals surface area contributed by atoms with Gasteiger partial charge in [-0.3, -0.25) is 4.72 Å². The van der Waals surface area contributed by atoms with E-state index in [2.05, 4.69) is 37.9 Å². The van der Waals surface area contributed by atoms with E-state index < -0.39 is 10.0 Å². The summed E-state index contributed by atoms with van der Waals surface area (Å²) >= 11 is 3.47. The molecule has 0 saturated carbocycles. The highest BCUT2D eigenvalue weighted by molar-refractivity contribution is 9.10. The van der Waals surface area contributed by atoms with E-state index in [4.69, 9.17) is 0 Å². The minimum Gasteiger partial charge on any atom is -0.262 e. The number of sulfonamides is 1. The maximum absolute atomic E-state index is 12.5. The van der Waals surface area contributed by atoms with E-state index in [9.17, 15) is 8.42 Å². The van der Waals surface area contributed by atoms with Crippen molar-refractivity contribution in [3.05, 3.63) is 69.8 Å². The Morgan fingerprint density at radius 1 is 1.00 bits per heavy atom. The fourth-order valence-corrected chi connectivity index (χ4v) is 4.35. The summed E-state index contributed by atoms with van der Waals surface area (Å²) in [5.41, 5.74) is 4.24. The van der Waals surface area contributed by atoms with Crippen molar-refractivity contribution >= 4 is 31.8 Å². The van der Waals surface area contributed by atoms with E-state index in [1.165, 1.54) is 5.56 Å². The second-order valence-corrected chi connectivity index (χ2v) is 8.42. The second-order valence-electron chi connectivity index (χ2n) is 5.93. The lowest BCUT2D eigenvalue weighted by Gasteiger charge is -2.12. The minimum atomic E-state index is -3.67. The van der Waals surface area contributed by atoms with Crippen molar-refractivity contribution < 1.29 is 8.42 Å². The zero-order valence-electron chi connectivity index (χ0n) is 14.1. The molecular formula is C18H18BrN3O2S. The van der Waals surface area contributed by atoms with Gasteiger partial charge in [-0.2, -0.15) is 0 Å². The van der Waals surface area contributed by atoms with Crippen LogP contribution in [0.4, 0.5) is 5.82 Å². The largest absolute Gasteiger partial charge is 0.263 e. The number of nitrogens with zero attached hydrogens (tertiary/aromatic N) is 2. The first-order valence-corrected chi connectivity index (χ1v) is 9.97. The lowest BCUT2D eigenvalue weighted by atomic mass is 10.1. The Bertz CT molecular complexity index is 1000. The van der Waals surface area contributed by atoms with Crippen LogP contribution in [0.1, 0.15) is 16.7 Å². The third kappa shape index (κ3) is 3.62. The molecule has 3 aromatic rings. The number of benzene rings is 2. The Morgan fingerprint density at radius 2 is 1.60 bits per heavy atom. The normalized spacial score (nSPS) is 11.5. The number of aryl methyl sites for hydroxylation is 3. The fraction of sp³-hybridized carbons (Fsp3) is 0.167. The molecule has 7 heteroatoms. The summed E-state index contributed by atoms with van der Waals surface area (Å²) in [5, 5.41) is 4.42. The molecule has 2 aromatic carbocycles. The number of anilines is 1. The average molecular weight is 420 g/mol. The average Bonchev–Trinajstić information content (AvgIpc) is 2.87. The summed E-state index contributed by atoms with van der Waals surface area (Å²) in [4.78, 5) is 0.198. The zero-order chi connectivity index (χ0) is 18.2. The van der Waals surface area contributed by atoms with Crippen LogP contribution >= 0.6 is 15.9 Å². The second kappa shape index (κ2) is 6.65. The molecule has 0 spiro atoms. The SMILES string of the molecule is Cc1cc(C)c(-n2nc(NS(=O)(=O)c3ccccc3)cc2Br)c(C)c1. The smallest absolute Gasteiger partial charge is 0.262 e. The number of aromatic nitrogens is 2. The van der Waals surface area contributed by atoms with Gasteiger partial charge in [0.2, 0.25) is 0 Å². The van der Waals surface area contributed by atoms with Crippen LogP contribution in [-0.2, 0) is 10.0 Å². The third-order valence-electron chi connectivity index (χ3n) is 3.81. The standard InChI is InChI=1S/C18H18BrN3O2S/c1-12-9-13(2)18(14(3)10-12)22-16(19)11-17(20-22)21-25(23,24)15-7-5-4-6-8-15/h4-11H,1-3H3,(H,20,21). The van der Waals surface area contributed by atoms with E-state index in [0.717, 1.165) is 16.8 Å². The van der Waals surface area contributed by atoms with Gasteiger partial charge >= 0.3 is 0 Å². The predicted octanol–water partition coefficient (Wildman–Crippen LogP) is 4.36. The van der Waals surface area contributed by atoms with Gasteiger partial charge in [0.15, 0.2) is 5.82 Å². The van der Waals surface area contributed by atoms with Crippen LogP contribution < -0.4 is 4.72 Å². The van der Waals surface area contributed by atoms with Crippen LogP contribution in [0, 0.1) is 20.8 Å². The number of rotatable bonds is 4. The van der Waals surface area contributed by atoms with Gasteiger partial charge in [0.05, 0.1) is 10.6 Å². The van der Waals surface area contributed by atoms with E-state index in [1.807, 2.05) is 20.8 Å². The van der Waals surface area contributed by atoms with Crippen LogP contribution in [0.25, 0.3) is 5.69 Å². The molecule has 0 radical (unpaired) electrons. The first-order chi connectivity index (χ1) is 11.8. The Labute approximate surface area is 155 Å². The molecule has 130 valence electrons. The first-order valence-electron chi connectivity index (χ1n) is 7.69. The molecule has 0 atom stereocenters. The monoisotopic (exact) mass is 419 g/mol. The summed E-state index contributed by atoms with van der Waals surface area (Å²) in [7, 11) is -3.67. The summed E-state index contributed by atoms with van der Waals surface area (Å²) in [5.74, 6) is 0.259. The van der Waals surface area contributed by atoms with Gasteiger partial charge in [0, 0.05) is 6.07 Å². The predicted molar refractivity (Wildman–Crippen MR) is 103 cm³/mol. The van der Waals surface area contributed by atoms with Crippen LogP contribution in [0.3, 0.4) is 0 Å². The lowest BCUT2D eigenvalue weighted by Crippen LogP contribution is -2.13. The molecule has 0 aliphatic carbocycles. The molecule has 0 bridgehead atoms. The van der Waals surface area contributed by atoms with Crippen LogP contribution in [0.5, 0.6) is 0 Å². The van der Waals surface area contributed by atoms with E-state index in [-0.39, 0.29) is 10.7 Å². The first kappa shape index (κ1) is 17.7. The summed E-state index contributed by atoms with van der Waals surface area (Å²) in [6.45, 7) is 6.07. The van der Waals surface area contributed by atoms with Crippen molar-refractivity contribution in [2.24, 2.45) is 0 Å². The molecule has 0 aliphatic heterocycles. The lowest BCUT2D eigenvalue weighted by molar-refractivity contribution is 0.601. The molecule has 0 unspecified atom stereocenters. The highest BCUT2D eigenvalue weighted by Crippen LogP contribution is 2.27. The van der Waals surface area contributed by atoms with Gasteiger partial charge in [-0.05, 0) is 60.0 Å². The molecule has 0 saturated heterocycles. The van der Waals surface area contributed by atoms with Gasteiger partial charge in [-0.15, -0.1) is 5.10 Å².